The number of hydrogen-bond acceptors (Lipinski definition) is 13. The van der Waals surface area contributed by atoms with Crippen LogP contribution in [-0.2, 0) is 38.0 Å². The summed E-state index contributed by atoms with van der Waals surface area (Å²) in [5.74, 6) is -4.24. The fourth-order valence-corrected chi connectivity index (χ4v) is 8.35. The van der Waals surface area contributed by atoms with Crippen LogP contribution in [0.15, 0.2) is 0 Å². The van der Waals surface area contributed by atoms with Crippen LogP contribution in [0.25, 0.3) is 0 Å². The van der Waals surface area contributed by atoms with Crippen molar-refractivity contribution in [3.05, 3.63) is 0 Å². The lowest BCUT2D eigenvalue weighted by Gasteiger charge is -2.47. The quantitative estimate of drug-likeness (QED) is 0.284. The summed E-state index contributed by atoms with van der Waals surface area (Å²) in [6, 6.07) is -0.231. The van der Waals surface area contributed by atoms with Gasteiger partial charge in [-0.3, -0.25) is 9.59 Å². The molecule has 3 rings (SSSR count). The average molecular weight is 718 g/mol. The number of cyclic esters (lactones) is 1. The number of esters is 1. The Morgan fingerprint density at radius 2 is 1.50 bits per heavy atom. The maximum atomic E-state index is 14.1. The monoisotopic (exact) mass is 717 g/mol. The van der Waals surface area contributed by atoms with E-state index in [4.69, 9.17) is 28.4 Å². The average Bonchev–Trinajstić information content (AvgIpc) is 3.05. The maximum absolute atomic E-state index is 14.1. The van der Waals surface area contributed by atoms with Crippen LogP contribution >= 0.6 is 0 Å². The van der Waals surface area contributed by atoms with Gasteiger partial charge in [0, 0.05) is 37.3 Å². The molecule has 0 aromatic carbocycles. The lowest BCUT2D eigenvalue weighted by Crippen LogP contribution is -2.59. The van der Waals surface area contributed by atoms with E-state index in [-0.39, 0.29) is 36.7 Å². The van der Waals surface area contributed by atoms with E-state index in [1.54, 1.807) is 41.5 Å². The van der Waals surface area contributed by atoms with E-state index in [0.717, 1.165) is 0 Å². The molecule has 3 aliphatic rings. The predicted octanol–water partition coefficient (Wildman–Crippen LogP) is 2.67. The van der Waals surface area contributed by atoms with Crippen LogP contribution in [0.1, 0.15) is 94.9 Å². The largest absolute Gasteiger partial charge is 0.459 e. The Labute approximate surface area is 299 Å². The van der Waals surface area contributed by atoms with Crippen molar-refractivity contribution in [1.82, 2.24) is 4.90 Å². The summed E-state index contributed by atoms with van der Waals surface area (Å²) in [6.07, 6.45) is -7.62. The second-order valence-electron chi connectivity index (χ2n) is 16.2. The van der Waals surface area contributed by atoms with Crippen molar-refractivity contribution in [2.24, 2.45) is 29.6 Å². The molecule has 0 bridgehead atoms. The van der Waals surface area contributed by atoms with Crippen molar-refractivity contribution < 1.29 is 58.4 Å². The van der Waals surface area contributed by atoms with Crippen molar-refractivity contribution in [3.8, 4) is 0 Å². The number of nitrogens with zero attached hydrogens (tertiary/aromatic N) is 1. The van der Waals surface area contributed by atoms with Crippen LogP contribution in [0.5, 0.6) is 0 Å². The number of aliphatic hydroxyl groups is 4. The highest BCUT2D eigenvalue weighted by molar-refractivity contribution is 5.83. The highest BCUT2D eigenvalue weighted by atomic mass is 16.7. The third-order valence-electron chi connectivity index (χ3n) is 11.8. The number of hydrogen-bond donors (Lipinski definition) is 4. The van der Waals surface area contributed by atoms with E-state index in [0.29, 0.717) is 12.8 Å². The fourth-order valence-electron chi connectivity index (χ4n) is 8.35. The van der Waals surface area contributed by atoms with Crippen LogP contribution < -0.4 is 0 Å². The highest BCUT2D eigenvalue weighted by Crippen LogP contribution is 2.39. The van der Waals surface area contributed by atoms with Crippen molar-refractivity contribution >= 4 is 11.8 Å². The molecule has 0 saturated carbocycles. The molecule has 0 aromatic heterocycles. The number of likely N-dealkylation sites (N-methyl/N-ethyl adjacent to an activating group) is 1. The van der Waals surface area contributed by atoms with Gasteiger partial charge in [0.1, 0.15) is 29.7 Å². The summed E-state index contributed by atoms with van der Waals surface area (Å²) in [5, 5.41) is 45.2. The van der Waals surface area contributed by atoms with Gasteiger partial charge in [0.25, 0.3) is 0 Å². The van der Waals surface area contributed by atoms with Gasteiger partial charge >= 0.3 is 5.97 Å². The molecule has 18 atom stereocenters. The number of aliphatic hydroxyl groups excluding tert-OH is 3. The molecule has 0 aromatic rings. The summed E-state index contributed by atoms with van der Waals surface area (Å²) < 4.78 is 37.4. The molecule has 50 heavy (non-hydrogen) atoms. The molecule has 292 valence electrons. The molecule has 13 heteroatoms. The summed E-state index contributed by atoms with van der Waals surface area (Å²) in [6.45, 7) is 17.4. The third kappa shape index (κ3) is 9.26. The van der Waals surface area contributed by atoms with E-state index < -0.39 is 96.2 Å². The third-order valence-corrected chi connectivity index (χ3v) is 11.8. The van der Waals surface area contributed by atoms with E-state index in [1.165, 1.54) is 14.0 Å². The Morgan fingerprint density at radius 3 is 2.06 bits per heavy atom. The first-order chi connectivity index (χ1) is 23.1. The normalized spacial score (nSPS) is 49.0. The molecule has 4 N–H and O–H groups in total. The zero-order valence-electron chi connectivity index (χ0n) is 32.6. The topological polar surface area (TPSA) is 174 Å². The Kier molecular flexibility index (Phi) is 14.9. The van der Waals surface area contributed by atoms with Gasteiger partial charge in [-0.25, -0.2) is 0 Å². The van der Waals surface area contributed by atoms with Gasteiger partial charge in [-0.15, -0.1) is 0 Å². The highest BCUT2D eigenvalue weighted by Gasteiger charge is 2.51. The maximum Gasteiger partial charge on any atom is 0.311 e. The minimum Gasteiger partial charge on any atom is -0.459 e. The Balaban J connectivity index is 2.13. The van der Waals surface area contributed by atoms with Gasteiger partial charge < -0.3 is 53.7 Å². The second kappa shape index (κ2) is 17.3. The molecular weight excluding hydrogens is 650 g/mol. The first-order valence-corrected chi connectivity index (χ1v) is 18.4. The summed E-state index contributed by atoms with van der Waals surface area (Å²) in [5.41, 5.74) is -2.92. The molecule has 3 heterocycles. The number of carbonyl (C=O) groups is 2. The van der Waals surface area contributed by atoms with Crippen molar-refractivity contribution in [2.45, 2.75) is 174 Å². The number of carbonyl (C=O) groups excluding carboxylic acids is 2. The predicted molar refractivity (Wildman–Crippen MR) is 185 cm³/mol. The van der Waals surface area contributed by atoms with Gasteiger partial charge in [0.2, 0.25) is 0 Å². The number of Topliss-reactive ketones (excluding diaryl/α,β-unsaturated/α-hetero) is 1. The molecule has 3 fully saturated rings. The molecule has 13 nitrogen and oxygen atoms in total. The van der Waals surface area contributed by atoms with Gasteiger partial charge in [0.05, 0.1) is 42.0 Å². The van der Waals surface area contributed by atoms with Gasteiger partial charge in [-0.1, -0.05) is 34.6 Å². The number of methoxy groups -OCH3 is 1. The van der Waals surface area contributed by atoms with Gasteiger partial charge in [-0.05, 0) is 73.9 Å². The number of ether oxygens (including phenoxy) is 6. The van der Waals surface area contributed by atoms with Crippen LogP contribution in [0.2, 0.25) is 0 Å². The van der Waals surface area contributed by atoms with Crippen LogP contribution in [-0.4, -0.2) is 137 Å². The number of ketones is 1. The second-order valence-corrected chi connectivity index (χ2v) is 16.2. The van der Waals surface area contributed by atoms with Crippen molar-refractivity contribution in [2.75, 3.05) is 21.2 Å². The molecule has 0 radical (unpaired) electrons. The molecule has 3 aliphatic heterocycles. The minimum atomic E-state index is -1.92. The van der Waals surface area contributed by atoms with E-state index in [2.05, 4.69) is 0 Å². The van der Waals surface area contributed by atoms with Crippen molar-refractivity contribution in [3.63, 3.8) is 0 Å². The van der Waals surface area contributed by atoms with Crippen LogP contribution in [0.4, 0.5) is 0 Å². The first-order valence-electron chi connectivity index (χ1n) is 18.4. The van der Waals surface area contributed by atoms with Crippen LogP contribution in [0.3, 0.4) is 0 Å². The van der Waals surface area contributed by atoms with Crippen LogP contribution in [0, 0.1) is 29.6 Å². The number of rotatable bonds is 7. The smallest absolute Gasteiger partial charge is 0.311 e. The molecule has 0 unspecified atom stereocenters. The first kappa shape index (κ1) is 43.1. The zero-order valence-corrected chi connectivity index (χ0v) is 32.6. The molecular formula is C37H67NO12. The summed E-state index contributed by atoms with van der Waals surface area (Å²) >= 11 is 0. The Hall–Kier alpha value is -1.26. The molecule has 0 aliphatic carbocycles. The standard InChI is InChI=1S/C37H67NO12/c1-14-26-37(10,44)32(41)21(5)28(39)18(2)15-19(3)30(50-35-29(40)25(38(11)12)16-20(4)46-35)22(6)31(23(7)34(43)48-26)49-27-17-36(9,45-13)33(42)24(8)47-27/h18-27,29-33,35,40-42,44H,14-17H2,1-13H3/t18-,19+,20-,21+,22-,23-,24+,25+,26-,27+,29-,30+,31+,32-,33+,35+,36-,37-/m1/s1. The molecule has 0 amide bonds. The summed E-state index contributed by atoms with van der Waals surface area (Å²) in [7, 11) is 5.30. The Bertz CT molecular complexity index is 1120. The molecule has 0 spiro atoms. The van der Waals surface area contributed by atoms with E-state index in [1.807, 2.05) is 39.8 Å². The lowest BCUT2D eigenvalue weighted by molar-refractivity contribution is -0.309. The lowest BCUT2D eigenvalue weighted by atomic mass is 9.75. The van der Waals surface area contributed by atoms with Crippen molar-refractivity contribution in [1.29, 1.82) is 0 Å². The Morgan fingerprint density at radius 1 is 0.880 bits per heavy atom. The summed E-state index contributed by atoms with van der Waals surface area (Å²) in [4.78, 5) is 29.8. The van der Waals surface area contributed by atoms with E-state index >= 15 is 0 Å². The van der Waals surface area contributed by atoms with Gasteiger partial charge in [0.15, 0.2) is 12.6 Å². The fraction of sp³-hybridized carbons (Fsp3) is 0.946. The van der Waals surface area contributed by atoms with E-state index in [9.17, 15) is 30.0 Å². The molecule has 3 saturated heterocycles. The van der Waals surface area contributed by atoms with Gasteiger partial charge in [-0.2, -0.15) is 0 Å². The minimum absolute atomic E-state index is 0.162. The zero-order chi connectivity index (χ0) is 38.0. The SMILES string of the molecule is CC[C@H]1OC(=O)[C@H](C)[C@@H](O[C@H]2C[C@@](C)(OC)[C@@H](O)[C@H](C)O2)[C@H](C)[C@@H](O[C@@H]2O[C@H](C)C[C@H](N(C)C)[C@H]2O)[C@@H](C)C[C@@H](C)C(=O)[C@H](C)[C@@H](O)[C@]1(C)O.